The first kappa shape index (κ1) is 17.0. The summed E-state index contributed by atoms with van der Waals surface area (Å²) in [6.45, 7) is 1.47. The fourth-order valence-corrected chi connectivity index (χ4v) is 2.48. The number of carbonyl (C=O) groups is 2. The van der Waals surface area contributed by atoms with Gasteiger partial charge in [-0.15, -0.1) is 0 Å². The summed E-state index contributed by atoms with van der Waals surface area (Å²) in [5.41, 5.74) is 1.70. The molecule has 0 spiro atoms. The maximum absolute atomic E-state index is 12.0. The highest BCUT2D eigenvalue weighted by molar-refractivity contribution is 6.30. The minimum Gasteiger partial charge on any atom is -0.451 e. The van der Waals surface area contributed by atoms with Crippen molar-refractivity contribution < 1.29 is 14.3 Å². The fraction of sp³-hybridized carbons (Fsp3) is 0.167. The minimum atomic E-state index is -0.641. The molecule has 1 amide bonds. The molecule has 128 valence electrons. The second-order valence-corrected chi connectivity index (χ2v) is 5.95. The maximum atomic E-state index is 12.0. The van der Waals surface area contributed by atoms with E-state index >= 15 is 0 Å². The van der Waals surface area contributed by atoms with Crippen molar-refractivity contribution in [3.8, 4) is 0 Å². The van der Waals surface area contributed by atoms with Gasteiger partial charge in [-0.2, -0.15) is 0 Å². The monoisotopic (exact) mass is 357 g/mol. The van der Waals surface area contributed by atoms with Crippen LogP contribution >= 0.6 is 11.6 Å². The number of aromatic nitrogens is 2. The first-order valence-corrected chi connectivity index (χ1v) is 8.06. The Bertz CT molecular complexity index is 872. The Morgan fingerprint density at radius 3 is 2.72 bits per heavy atom. The molecule has 0 bridgehead atoms. The van der Waals surface area contributed by atoms with Gasteiger partial charge >= 0.3 is 5.97 Å². The molecule has 3 aromatic rings. The molecule has 0 fully saturated rings. The third-order valence-corrected chi connectivity index (χ3v) is 3.91. The highest BCUT2D eigenvalue weighted by Gasteiger charge is 2.15. The van der Waals surface area contributed by atoms with Gasteiger partial charge in [0, 0.05) is 17.4 Å². The molecule has 25 heavy (non-hydrogen) atoms. The highest BCUT2D eigenvalue weighted by Crippen LogP contribution is 2.15. The normalized spacial score (nSPS) is 11.9. The average Bonchev–Trinajstić information content (AvgIpc) is 3.04. The van der Waals surface area contributed by atoms with E-state index in [2.05, 4.69) is 10.3 Å². The zero-order valence-corrected chi connectivity index (χ0v) is 14.2. The quantitative estimate of drug-likeness (QED) is 0.712. The van der Waals surface area contributed by atoms with Crippen molar-refractivity contribution in [1.82, 2.24) is 14.7 Å². The third-order valence-electron chi connectivity index (χ3n) is 3.65. The van der Waals surface area contributed by atoms with Crippen LogP contribution in [0.15, 0.2) is 54.9 Å². The van der Waals surface area contributed by atoms with Gasteiger partial charge in [-0.1, -0.05) is 29.8 Å². The molecule has 2 heterocycles. The standard InChI is InChI=1S/C18H16ClN3O3/c1-12(13-5-7-14(19)8-6-13)20-17(23)11-25-18(24)15-10-22-9-3-2-4-16(22)21-15/h2-10,12H,11H2,1H3,(H,20,23)/t12-/m0/s1. The lowest BCUT2D eigenvalue weighted by Crippen LogP contribution is -2.31. The number of hydrogen-bond donors (Lipinski definition) is 1. The summed E-state index contributed by atoms with van der Waals surface area (Å²) in [5, 5.41) is 3.39. The molecule has 6 nitrogen and oxygen atoms in total. The van der Waals surface area contributed by atoms with Crippen LogP contribution in [0.4, 0.5) is 0 Å². The summed E-state index contributed by atoms with van der Waals surface area (Å²) < 4.78 is 6.73. The van der Waals surface area contributed by atoms with Gasteiger partial charge in [-0.25, -0.2) is 9.78 Å². The molecule has 0 saturated heterocycles. The third kappa shape index (κ3) is 4.16. The van der Waals surface area contributed by atoms with Crippen LogP contribution in [-0.4, -0.2) is 27.9 Å². The van der Waals surface area contributed by atoms with E-state index in [-0.39, 0.29) is 24.2 Å². The van der Waals surface area contributed by atoms with Crippen LogP contribution in [0.1, 0.15) is 29.0 Å². The molecule has 0 radical (unpaired) electrons. The summed E-state index contributed by atoms with van der Waals surface area (Å²) in [5.74, 6) is -1.03. The topological polar surface area (TPSA) is 72.7 Å². The fourth-order valence-electron chi connectivity index (χ4n) is 2.36. The summed E-state index contributed by atoms with van der Waals surface area (Å²) in [7, 11) is 0. The number of amides is 1. The van der Waals surface area contributed by atoms with Crippen molar-refractivity contribution in [1.29, 1.82) is 0 Å². The van der Waals surface area contributed by atoms with Gasteiger partial charge in [-0.3, -0.25) is 4.79 Å². The molecule has 0 aliphatic carbocycles. The summed E-state index contributed by atoms with van der Waals surface area (Å²) in [4.78, 5) is 28.1. The zero-order chi connectivity index (χ0) is 17.8. The molecule has 2 aromatic heterocycles. The molecule has 1 N–H and O–H groups in total. The average molecular weight is 358 g/mol. The van der Waals surface area contributed by atoms with Gasteiger partial charge in [-0.05, 0) is 36.8 Å². The van der Waals surface area contributed by atoms with E-state index in [1.807, 2.05) is 31.2 Å². The number of carbonyl (C=O) groups excluding carboxylic acids is 2. The van der Waals surface area contributed by atoms with Gasteiger partial charge in [0.25, 0.3) is 5.91 Å². The van der Waals surface area contributed by atoms with E-state index in [0.29, 0.717) is 10.7 Å². The number of imidazole rings is 1. The minimum absolute atomic E-state index is 0.157. The van der Waals surface area contributed by atoms with Crippen LogP contribution in [0.3, 0.4) is 0 Å². The largest absolute Gasteiger partial charge is 0.451 e. The van der Waals surface area contributed by atoms with Crippen LogP contribution in [-0.2, 0) is 9.53 Å². The second kappa shape index (κ2) is 7.36. The smallest absolute Gasteiger partial charge is 0.359 e. The van der Waals surface area contributed by atoms with Gasteiger partial charge in [0.15, 0.2) is 12.3 Å². The number of nitrogens with one attached hydrogen (secondary N) is 1. The number of nitrogens with zero attached hydrogens (tertiary/aromatic N) is 2. The molecule has 1 atom stereocenters. The van der Waals surface area contributed by atoms with E-state index in [1.165, 1.54) is 0 Å². The molecular formula is C18H16ClN3O3. The highest BCUT2D eigenvalue weighted by atomic mass is 35.5. The van der Waals surface area contributed by atoms with Crippen molar-refractivity contribution in [3.63, 3.8) is 0 Å². The number of rotatable bonds is 5. The molecule has 1 aromatic carbocycles. The molecule has 0 saturated carbocycles. The first-order chi connectivity index (χ1) is 12.0. The number of esters is 1. The molecule has 0 aliphatic heterocycles. The number of pyridine rings is 1. The van der Waals surface area contributed by atoms with Crippen molar-refractivity contribution in [2.75, 3.05) is 6.61 Å². The number of halogens is 1. The lowest BCUT2D eigenvalue weighted by atomic mass is 10.1. The van der Waals surface area contributed by atoms with Crippen molar-refractivity contribution in [3.05, 3.63) is 71.1 Å². The Morgan fingerprint density at radius 2 is 2.00 bits per heavy atom. The second-order valence-electron chi connectivity index (χ2n) is 5.51. The van der Waals surface area contributed by atoms with Crippen LogP contribution in [0.5, 0.6) is 0 Å². The van der Waals surface area contributed by atoms with Crippen molar-refractivity contribution in [2.24, 2.45) is 0 Å². The van der Waals surface area contributed by atoms with Crippen molar-refractivity contribution in [2.45, 2.75) is 13.0 Å². The van der Waals surface area contributed by atoms with Gasteiger partial charge < -0.3 is 14.5 Å². The molecule has 3 rings (SSSR count). The van der Waals surface area contributed by atoms with Crippen LogP contribution in [0.25, 0.3) is 5.65 Å². The lowest BCUT2D eigenvalue weighted by Gasteiger charge is -2.14. The van der Waals surface area contributed by atoms with E-state index in [1.54, 1.807) is 35.0 Å². The lowest BCUT2D eigenvalue weighted by molar-refractivity contribution is -0.124. The van der Waals surface area contributed by atoms with E-state index in [4.69, 9.17) is 16.3 Å². The van der Waals surface area contributed by atoms with Crippen molar-refractivity contribution >= 4 is 29.1 Å². The first-order valence-electron chi connectivity index (χ1n) is 7.68. The van der Waals surface area contributed by atoms with Gasteiger partial charge in [0.2, 0.25) is 0 Å². The molecule has 7 heteroatoms. The Hall–Kier alpha value is -2.86. The predicted octanol–water partition coefficient (Wildman–Crippen LogP) is 3.02. The predicted molar refractivity (Wildman–Crippen MR) is 93.5 cm³/mol. The van der Waals surface area contributed by atoms with Crippen LogP contribution < -0.4 is 5.32 Å². The molecule has 0 aliphatic rings. The van der Waals surface area contributed by atoms with Gasteiger partial charge in [0.05, 0.1) is 6.04 Å². The Balaban J connectivity index is 1.54. The Labute approximate surface area is 149 Å². The maximum Gasteiger partial charge on any atom is 0.359 e. The van der Waals surface area contributed by atoms with Crippen LogP contribution in [0, 0.1) is 0 Å². The summed E-state index contributed by atoms with van der Waals surface area (Å²) >= 11 is 5.84. The van der Waals surface area contributed by atoms with Crippen LogP contribution in [0.2, 0.25) is 5.02 Å². The van der Waals surface area contributed by atoms with E-state index < -0.39 is 5.97 Å². The van der Waals surface area contributed by atoms with E-state index in [0.717, 1.165) is 5.56 Å². The van der Waals surface area contributed by atoms with Gasteiger partial charge in [0.1, 0.15) is 5.65 Å². The Morgan fingerprint density at radius 1 is 1.24 bits per heavy atom. The zero-order valence-electron chi connectivity index (χ0n) is 13.5. The molecular weight excluding hydrogens is 342 g/mol. The number of hydrogen-bond acceptors (Lipinski definition) is 4. The number of benzene rings is 1. The molecule has 0 unspecified atom stereocenters. The summed E-state index contributed by atoms with van der Waals surface area (Å²) in [6.07, 6.45) is 3.34. The number of ether oxygens (including phenoxy) is 1. The number of fused-ring (bicyclic) bond motifs is 1. The Kier molecular flexibility index (Phi) is 5.00. The SMILES string of the molecule is C[C@H](NC(=O)COC(=O)c1cn2ccccc2n1)c1ccc(Cl)cc1. The summed E-state index contributed by atoms with van der Waals surface area (Å²) in [6, 6.07) is 12.4. The van der Waals surface area contributed by atoms with E-state index in [9.17, 15) is 9.59 Å².